The van der Waals surface area contributed by atoms with Crippen molar-refractivity contribution in [2.75, 3.05) is 13.7 Å². The first-order chi connectivity index (χ1) is 5.72. The highest BCUT2D eigenvalue weighted by molar-refractivity contribution is 5.76. The van der Waals surface area contributed by atoms with Gasteiger partial charge in [-0.15, -0.1) is 0 Å². The number of hydrogen-bond donors (Lipinski definition) is 2. The van der Waals surface area contributed by atoms with E-state index in [1.807, 2.05) is 0 Å². The highest BCUT2D eigenvalue weighted by Gasteiger charge is 2.61. The van der Waals surface area contributed by atoms with E-state index in [9.17, 15) is 4.79 Å². The van der Waals surface area contributed by atoms with E-state index < -0.39 is 0 Å². The Morgan fingerprint density at radius 1 is 1.75 bits per heavy atom. The normalized spacial score (nSPS) is 43.8. The first-order valence-electron chi connectivity index (χ1n) is 4.16. The van der Waals surface area contributed by atoms with Crippen molar-refractivity contribution in [3.8, 4) is 0 Å². The van der Waals surface area contributed by atoms with Gasteiger partial charge in [-0.3, -0.25) is 4.79 Å². The molecule has 68 valence electrons. The van der Waals surface area contributed by atoms with E-state index in [4.69, 9.17) is 5.11 Å². The third-order valence-electron chi connectivity index (χ3n) is 3.00. The van der Waals surface area contributed by atoms with Gasteiger partial charge in [0.1, 0.15) is 6.04 Å². The molecule has 4 heteroatoms. The molecule has 2 rings (SSSR count). The number of carbonyl (C=O) groups excluding carboxylic acids is 1. The van der Waals surface area contributed by atoms with Gasteiger partial charge >= 0.3 is 5.97 Å². The Balaban J connectivity index is 1.97. The number of methoxy groups -OCH3 is 1. The third-order valence-corrected chi connectivity index (χ3v) is 3.00. The van der Waals surface area contributed by atoms with Crippen molar-refractivity contribution in [2.24, 2.45) is 5.41 Å². The van der Waals surface area contributed by atoms with E-state index in [1.165, 1.54) is 7.11 Å². The minimum atomic E-state index is -0.213. The third kappa shape index (κ3) is 0.949. The molecule has 0 radical (unpaired) electrons. The predicted molar refractivity (Wildman–Crippen MR) is 41.5 cm³/mol. The molecule has 12 heavy (non-hydrogen) atoms. The summed E-state index contributed by atoms with van der Waals surface area (Å²) in [5.41, 5.74) is -0.00113. The van der Waals surface area contributed by atoms with Crippen LogP contribution >= 0.6 is 0 Å². The number of ether oxygens (including phenoxy) is 1. The second kappa shape index (κ2) is 2.44. The monoisotopic (exact) mass is 171 g/mol. The Kier molecular flexibility index (Phi) is 1.63. The average molecular weight is 171 g/mol. The smallest absolute Gasteiger partial charge is 0.322 e. The fourth-order valence-corrected chi connectivity index (χ4v) is 2.05. The first-order valence-corrected chi connectivity index (χ1v) is 4.16. The Labute approximate surface area is 70.9 Å². The number of fused-ring (bicyclic) bond motifs is 1. The molecule has 1 saturated heterocycles. The van der Waals surface area contributed by atoms with Gasteiger partial charge in [0.15, 0.2) is 0 Å². The predicted octanol–water partition coefficient (Wildman–Crippen LogP) is -0.728. The summed E-state index contributed by atoms with van der Waals surface area (Å²) in [5.74, 6) is -0.213. The molecule has 2 N–H and O–H groups in total. The molecule has 0 aromatic rings. The second-order valence-electron chi connectivity index (χ2n) is 3.72. The number of carbonyl (C=O) groups is 1. The zero-order valence-corrected chi connectivity index (χ0v) is 7.04. The van der Waals surface area contributed by atoms with Crippen molar-refractivity contribution in [3.63, 3.8) is 0 Å². The van der Waals surface area contributed by atoms with Crippen molar-refractivity contribution < 1.29 is 14.6 Å². The van der Waals surface area contributed by atoms with Gasteiger partial charge in [-0.2, -0.15) is 0 Å². The van der Waals surface area contributed by atoms with Crippen molar-refractivity contribution in [2.45, 2.75) is 24.9 Å². The molecule has 1 saturated carbocycles. The van der Waals surface area contributed by atoms with Crippen LogP contribution in [0.2, 0.25) is 0 Å². The van der Waals surface area contributed by atoms with Crippen molar-refractivity contribution in [1.29, 1.82) is 0 Å². The zero-order valence-electron chi connectivity index (χ0n) is 7.04. The van der Waals surface area contributed by atoms with Crippen LogP contribution in [0, 0.1) is 5.41 Å². The maximum atomic E-state index is 11.1. The van der Waals surface area contributed by atoms with E-state index in [0.29, 0.717) is 6.04 Å². The van der Waals surface area contributed by atoms with Gasteiger partial charge in [-0.05, 0) is 12.8 Å². The fourth-order valence-electron chi connectivity index (χ4n) is 2.05. The maximum Gasteiger partial charge on any atom is 0.322 e. The van der Waals surface area contributed by atoms with Crippen molar-refractivity contribution >= 4 is 5.97 Å². The first kappa shape index (κ1) is 8.01. The van der Waals surface area contributed by atoms with Gasteiger partial charge in [-0.1, -0.05) is 0 Å². The van der Waals surface area contributed by atoms with E-state index in [1.54, 1.807) is 0 Å². The van der Waals surface area contributed by atoms with Crippen LogP contribution in [0.5, 0.6) is 0 Å². The molecule has 2 unspecified atom stereocenters. The summed E-state index contributed by atoms with van der Waals surface area (Å²) in [6, 6.07) is 0.146. The Hall–Kier alpha value is -0.610. The Morgan fingerprint density at radius 2 is 2.50 bits per heavy atom. The van der Waals surface area contributed by atoms with Crippen LogP contribution in [0.4, 0.5) is 0 Å². The summed E-state index contributed by atoms with van der Waals surface area (Å²) in [6.45, 7) is 0.179. The summed E-state index contributed by atoms with van der Waals surface area (Å²) in [7, 11) is 1.39. The zero-order chi connectivity index (χ0) is 8.77. The van der Waals surface area contributed by atoms with E-state index in [2.05, 4.69) is 10.1 Å². The average Bonchev–Trinajstić information content (AvgIpc) is 2.68. The van der Waals surface area contributed by atoms with Crippen LogP contribution in [0.15, 0.2) is 0 Å². The van der Waals surface area contributed by atoms with Gasteiger partial charge in [-0.25, -0.2) is 0 Å². The second-order valence-corrected chi connectivity index (χ2v) is 3.72. The van der Waals surface area contributed by atoms with Gasteiger partial charge in [0.05, 0.1) is 13.7 Å². The number of piperidine rings is 1. The van der Waals surface area contributed by atoms with Crippen LogP contribution in [-0.2, 0) is 9.53 Å². The quantitative estimate of drug-likeness (QED) is 0.538. The minimum Gasteiger partial charge on any atom is -0.468 e. The molecule has 0 aromatic carbocycles. The molecule has 4 nitrogen and oxygen atoms in total. The van der Waals surface area contributed by atoms with Crippen LogP contribution in [0.3, 0.4) is 0 Å². The topological polar surface area (TPSA) is 58.6 Å². The summed E-state index contributed by atoms with van der Waals surface area (Å²) in [6.07, 6.45) is 1.72. The molecular formula is C8H13NO3. The van der Waals surface area contributed by atoms with Gasteiger partial charge in [0, 0.05) is 11.5 Å². The highest BCUT2D eigenvalue weighted by atomic mass is 16.5. The molecule has 0 amide bonds. The molecule has 0 bridgehead atoms. The van der Waals surface area contributed by atoms with Crippen molar-refractivity contribution in [1.82, 2.24) is 5.32 Å². The van der Waals surface area contributed by atoms with E-state index in [-0.39, 0.29) is 24.0 Å². The SMILES string of the molecule is COC(=O)C1C[C@]2(CO)CC2N1. The maximum absolute atomic E-state index is 11.1. The molecule has 1 aliphatic heterocycles. The fraction of sp³-hybridized carbons (Fsp3) is 0.875. The molecule has 1 heterocycles. The summed E-state index contributed by atoms with van der Waals surface area (Å²) < 4.78 is 4.61. The molecule has 2 fully saturated rings. The van der Waals surface area contributed by atoms with E-state index >= 15 is 0 Å². The highest BCUT2D eigenvalue weighted by Crippen LogP contribution is 2.53. The van der Waals surface area contributed by atoms with Crippen LogP contribution in [0.1, 0.15) is 12.8 Å². The number of aliphatic hydroxyl groups is 1. The van der Waals surface area contributed by atoms with Crippen LogP contribution in [-0.4, -0.2) is 36.9 Å². The molecule has 3 atom stereocenters. The number of rotatable bonds is 2. The largest absolute Gasteiger partial charge is 0.468 e. The minimum absolute atomic E-state index is 0.00113. The number of nitrogens with one attached hydrogen (secondary N) is 1. The number of hydrogen-bond acceptors (Lipinski definition) is 4. The van der Waals surface area contributed by atoms with Crippen LogP contribution in [0.25, 0.3) is 0 Å². The lowest BCUT2D eigenvalue weighted by Crippen LogP contribution is -2.34. The van der Waals surface area contributed by atoms with Crippen molar-refractivity contribution in [3.05, 3.63) is 0 Å². The van der Waals surface area contributed by atoms with Gasteiger partial charge in [0.2, 0.25) is 0 Å². The van der Waals surface area contributed by atoms with Crippen LogP contribution < -0.4 is 5.32 Å². The number of aliphatic hydroxyl groups excluding tert-OH is 1. The van der Waals surface area contributed by atoms with Gasteiger partial charge < -0.3 is 15.2 Å². The standard InChI is InChI=1S/C8H13NO3/c1-12-7(11)5-2-8(4-10)3-6(8)9-5/h5-6,9-10H,2-4H2,1H3/t5?,6?,8-/m1/s1. The molecule has 0 aromatic heterocycles. The molecule has 2 aliphatic rings. The molecular weight excluding hydrogens is 158 g/mol. The summed E-state index contributed by atoms with van der Waals surface area (Å²) in [5, 5.41) is 12.2. The van der Waals surface area contributed by atoms with Gasteiger partial charge in [0.25, 0.3) is 0 Å². The lowest BCUT2D eigenvalue weighted by molar-refractivity contribution is -0.143. The number of esters is 1. The summed E-state index contributed by atoms with van der Waals surface area (Å²) >= 11 is 0. The Bertz CT molecular complexity index is 214. The molecule has 1 aliphatic carbocycles. The summed E-state index contributed by atoms with van der Waals surface area (Å²) in [4.78, 5) is 11.1. The van der Waals surface area contributed by atoms with E-state index in [0.717, 1.165) is 12.8 Å². The lowest BCUT2D eigenvalue weighted by atomic mass is 10.0. The Morgan fingerprint density at radius 3 is 3.00 bits per heavy atom. The lowest BCUT2D eigenvalue weighted by Gasteiger charge is -2.11. The molecule has 0 spiro atoms.